The van der Waals surface area contributed by atoms with Crippen molar-refractivity contribution in [3.05, 3.63) is 65.7 Å². The fourth-order valence-electron chi connectivity index (χ4n) is 3.76. The molecule has 13 nitrogen and oxygen atoms in total. The topological polar surface area (TPSA) is 230 Å². The first-order valence-electron chi connectivity index (χ1n) is 11.0. The third kappa shape index (κ3) is 5.70. The van der Waals surface area contributed by atoms with Crippen molar-refractivity contribution in [2.75, 3.05) is 11.5 Å². The van der Waals surface area contributed by atoms with E-state index in [0.717, 1.165) is 23.8 Å². The molecule has 0 atom stereocenters. The molecule has 0 fully saturated rings. The molecule has 0 unspecified atom stereocenters. The lowest BCUT2D eigenvalue weighted by molar-refractivity contribution is 0.472. The van der Waals surface area contributed by atoms with E-state index >= 15 is 0 Å². The lowest BCUT2D eigenvalue weighted by atomic mass is 10.0. The van der Waals surface area contributed by atoms with Gasteiger partial charge < -0.3 is 16.6 Å². The molecule has 0 saturated carbocycles. The standard InChI is InChI=1S/C24H22N6O7S2/c1-12-3-6-16(7-4-12)27-29-22-13(2)9-14-10-19(39(35,36)37)23(24(31)20(14)21(22)26)30-28-17-11-15(25)5-8-18(17)38(32,33)34/h3-11,31H,25-26H2,1-2H3,(H,32,33,34)(H,35,36,37). The maximum absolute atomic E-state index is 12.2. The average Bonchev–Trinajstić information content (AvgIpc) is 2.82. The summed E-state index contributed by atoms with van der Waals surface area (Å²) in [6, 6.07) is 12.9. The van der Waals surface area contributed by atoms with Crippen molar-refractivity contribution >= 4 is 65.1 Å². The number of rotatable bonds is 6. The summed E-state index contributed by atoms with van der Waals surface area (Å²) in [4.78, 5) is -1.51. The number of nitrogens with two attached hydrogens (primary N) is 2. The van der Waals surface area contributed by atoms with E-state index in [2.05, 4.69) is 20.5 Å². The van der Waals surface area contributed by atoms with Crippen molar-refractivity contribution in [2.45, 2.75) is 23.6 Å². The molecule has 0 aliphatic carbocycles. The average molecular weight is 571 g/mol. The Kier molecular flexibility index (Phi) is 7.10. The van der Waals surface area contributed by atoms with Crippen LogP contribution in [0.3, 0.4) is 0 Å². The van der Waals surface area contributed by atoms with Gasteiger partial charge in [0, 0.05) is 5.69 Å². The van der Waals surface area contributed by atoms with Gasteiger partial charge in [0.1, 0.15) is 26.9 Å². The number of aromatic hydroxyl groups is 1. The number of nitrogen functional groups attached to an aromatic ring is 2. The first-order chi connectivity index (χ1) is 18.2. The van der Waals surface area contributed by atoms with E-state index in [9.17, 15) is 31.0 Å². The summed E-state index contributed by atoms with van der Waals surface area (Å²) in [5.74, 6) is -0.787. The van der Waals surface area contributed by atoms with Crippen LogP contribution in [0.5, 0.6) is 5.75 Å². The van der Waals surface area contributed by atoms with Crippen LogP contribution in [-0.4, -0.2) is 31.0 Å². The predicted molar refractivity (Wildman–Crippen MR) is 145 cm³/mol. The fourth-order valence-corrected chi connectivity index (χ4v) is 5.02. The van der Waals surface area contributed by atoms with Crippen LogP contribution in [0.25, 0.3) is 10.8 Å². The van der Waals surface area contributed by atoms with E-state index in [1.54, 1.807) is 19.1 Å². The van der Waals surface area contributed by atoms with E-state index in [-0.39, 0.29) is 27.8 Å². The molecular weight excluding hydrogens is 548 g/mol. The number of anilines is 2. The van der Waals surface area contributed by atoms with Gasteiger partial charge in [0.15, 0.2) is 5.75 Å². The number of fused-ring (bicyclic) bond motifs is 1. The van der Waals surface area contributed by atoms with E-state index < -0.39 is 47.2 Å². The van der Waals surface area contributed by atoms with Gasteiger partial charge in [-0.2, -0.15) is 21.9 Å². The summed E-state index contributed by atoms with van der Waals surface area (Å²) in [7, 11) is -9.74. The van der Waals surface area contributed by atoms with Crippen LogP contribution in [-0.2, 0) is 20.2 Å². The zero-order chi connectivity index (χ0) is 28.7. The number of azo groups is 2. The van der Waals surface area contributed by atoms with Gasteiger partial charge in [0.2, 0.25) is 0 Å². The highest BCUT2D eigenvalue weighted by Crippen LogP contribution is 2.47. The van der Waals surface area contributed by atoms with Crippen LogP contribution < -0.4 is 11.5 Å². The lowest BCUT2D eigenvalue weighted by Gasteiger charge is -2.13. The molecule has 0 saturated heterocycles. The van der Waals surface area contributed by atoms with Gasteiger partial charge in [-0.1, -0.05) is 17.7 Å². The number of aryl methyl sites for hydroxylation is 2. The Morgan fingerprint density at radius 3 is 1.95 bits per heavy atom. The monoisotopic (exact) mass is 570 g/mol. The molecule has 7 N–H and O–H groups in total. The minimum absolute atomic E-state index is 0.0531. The second-order valence-electron chi connectivity index (χ2n) is 8.54. The van der Waals surface area contributed by atoms with Crippen LogP contribution in [0.15, 0.2) is 84.8 Å². The molecule has 4 aromatic carbocycles. The Morgan fingerprint density at radius 1 is 0.718 bits per heavy atom. The highest BCUT2D eigenvalue weighted by atomic mass is 32.2. The Bertz CT molecular complexity index is 1900. The molecule has 39 heavy (non-hydrogen) atoms. The number of phenolic OH excluding ortho intramolecular Hbond substituents is 1. The maximum Gasteiger partial charge on any atom is 0.296 e. The second kappa shape index (κ2) is 10.0. The summed E-state index contributed by atoms with van der Waals surface area (Å²) >= 11 is 0. The summed E-state index contributed by atoms with van der Waals surface area (Å²) < 4.78 is 67.2. The first-order valence-corrected chi connectivity index (χ1v) is 13.9. The van der Waals surface area contributed by atoms with Gasteiger partial charge in [0.05, 0.1) is 16.8 Å². The lowest BCUT2D eigenvalue weighted by Crippen LogP contribution is -2.01. The summed E-state index contributed by atoms with van der Waals surface area (Å²) in [5, 5.41) is 26.9. The predicted octanol–water partition coefficient (Wildman–Crippen LogP) is 5.65. The van der Waals surface area contributed by atoms with E-state index in [0.29, 0.717) is 11.3 Å². The molecule has 4 rings (SSSR count). The fraction of sp³-hybridized carbons (Fsp3) is 0.0833. The Labute approximate surface area is 223 Å². The third-order valence-corrected chi connectivity index (χ3v) is 7.40. The normalized spacial score (nSPS) is 12.6. The zero-order valence-corrected chi connectivity index (χ0v) is 22.1. The van der Waals surface area contributed by atoms with Crippen molar-refractivity contribution in [2.24, 2.45) is 20.5 Å². The highest BCUT2D eigenvalue weighted by Gasteiger charge is 2.25. The van der Waals surface area contributed by atoms with E-state index in [1.165, 1.54) is 12.1 Å². The van der Waals surface area contributed by atoms with E-state index in [4.69, 9.17) is 11.5 Å². The molecule has 0 spiro atoms. The van der Waals surface area contributed by atoms with Gasteiger partial charge in [0.25, 0.3) is 20.2 Å². The molecule has 202 valence electrons. The van der Waals surface area contributed by atoms with Gasteiger partial charge in [-0.05, 0) is 67.3 Å². The largest absolute Gasteiger partial charge is 0.505 e. The van der Waals surface area contributed by atoms with Gasteiger partial charge in [-0.25, -0.2) is 0 Å². The van der Waals surface area contributed by atoms with Gasteiger partial charge >= 0.3 is 0 Å². The van der Waals surface area contributed by atoms with Crippen LogP contribution in [0.4, 0.5) is 34.1 Å². The van der Waals surface area contributed by atoms with Crippen molar-refractivity contribution in [3.8, 4) is 5.75 Å². The number of hydrogen-bond donors (Lipinski definition) is 5. The SMILES string of the molecule is Cc1ccc(N=Nc2c(C)cc3cc(S(=O)(=O)O)c(N=Nc4cc(N)ccc4S(=O)(=O)O)c(O)c3c2N)cc1. The Hall–Kier alpha value is -4.44. The van der Waals surface area contributed by atoms with Crippen LogP contribution in [0.1, 0.15) is 11.1 Å². The van der Waals surface area contributed by atoms with E-state index in [1.807, 2.05) is 19.1 Å². The molecule has 0 aliphatic heterocycles. The van der Waals surface area contributed by atoms with Crippen molar-refractivity contribution in [1.29, 1.82) is 0 Å². The number of benzene rings is 4. The molecule has 0 aromatic heterocycles. The molecule has 4 aromatic rings. The molecule has 15 heteroatoms. The third-order valence-electron chi connectivity index (χ3n) is 5.64. The van der Waals surface area contributed by atoms with Crippen LogP contribution in [0.2, 0.25) is 0 Å². The maximum atomic E-state index is 12.2. The summed E-state index contributed by atoms with van der Waals surface area (Å²) in [6.45, 7) is 3.56. The van der Waals surface area contributed by atoms with Crippen molar-refractivity contribution in [3.63, 3.8) is 0 Å². The smallest absolute Gasteiger partial charge is 0.296 e. The Morgan fingerprint density at radius 2 is 1.33 bits per heavy atom. The molecule has 0 aliphatic rings. The van der Waals surface area contributed by atoms with Crippen LogP contribution >= 0.6 is 0 Å². The molecule has 0 radical (unpaired) electrons. The minimum Gasteiger partial charge on any atom is -0.505 e. The minimum atomic E-state index is -4.97. The van der Waals surface area contributed by atoms with Crippen molar-refractivity contribution in [1.82, 2.24) is 0 Å². The highest BCUT2D eigenvalue weighted by molar-refractivity contribution is 7.86. The number of phenols is 1. The quantitative estimate of drug-likeness (QED) is 0.109. The van der Waals surface area contributed by atoms with Crippen molar-refractivity contribution < 1.29 is 31.0 Å². The molecular formula is C24H22N6O7S2. The molecule has 0 heterocycles. The number of hydrogen-bond acceptors (Lipinski definition) is 11. The van der Waals surface area contributed by atoms with Crippen LogP contribution in [0, 0.1) is 13.8 Å². The van der Waals surface area contributed by atoms with Gasteiger partial charge in [-0.15, -0.1) is 15.3 Å². The van der Waals surface area contributed by atoms with Gasteiger partial charge in [-0.3, -0.25) is 9.11 Å². The summed E-state index contributed by atoms with van der Waals surface area (Å²) in [6.07, 6.45) is 0. The second-order valence-corrected chi connectivity index (χ2v) is 11.3. The Balaban J connectivity index is 1.95. The summed E-state index contributed by atoms with van der Waals surface area (Å²) in [5.41, 5.74) is 13.0. The first kappa shape index (κ1) is 27.6. The number of nitrogens with zero attached hydrogens (tertiary/aromatic N) is 4. The zero-order valence-electron chi connectivity index (χ0n) is 20.4. The molecule has 0 amide bonds. The molecule has 0 bridgehead atoms.